The van der Waals surface area contributed by atoms with Crippen molar-refractivity contribution < 1.29 is 57.1 Å². The van der Waals surface area contributed by atoms with Crippen molar-refractivity contribution in [1.82, 2.24) is 0 Å². The number of esters is 5. The van der Waals surface area contributed by atoms with Crippen LogP contribution in [0.25, 0.3) is 0 Å². The number of carbonyl (C=O) groups excluding carboxylic acids is 5. The van der Waals surface area contributed by atoms with E-state index in [0.29, 0.717) is 69.7 Å². The maximum Gasteiger partial charge on any atom is 0.343 e. The zero-order chi connectivity index (χ0) is 40.7. The topological polar surface area (TPSA) is 174 Å². The van der Waals surface area contributed by atoms with Crippen molar-refractivity contribution in [3.63, 3.8) is 0 Å². The lowest BCUT2D eigenvalue weighted by atomic mass is 10.1. The molecule has 0 N–H and O–H groups in total. The van der Waals surface area contributed by atoms with Gasteiger partial charge in [-0.15, -0.1) is 0 Å². The fourth-order valence-electron chi connectivity index (χ4n) is 5.03. The molecule has 3 rings (SSSR count). The van der Waals surface area contributed by atoms with Gasteiger partial charge in [-0.05, 0) is 106 Å². The van der Waals surface area contributed by atoms with Gasteiger partial charge in [-0.3, -0.25) is 0 Å². The molecule has 3 aromatic carbocycles. The highest BCUT2D eigenvalue weighted by Crippen LogP contribution is 2.28. The maximum atomic E-state index is 13.2. The molecule has 0 heterocycles. The number of hydrogen-bond donors (Lipinski definition) is 0. The number of carbonyl (C=O) groups is 5. The Kier molecular flexibility index (Phi) is 18.9. The van der Waals surface area contributed by atoms with Crippen molar-refractivity contribution in [2.45, 2.75) is 77.4 Å². The molecule has 0 spiro atoms. The van der Waals surface area contributed by atoms with Gasteiger partial charge in [-0.1, -0.05) is 27.0 Å². The molecular weight excluding hydrogens is 722 g/mol. The molecule has 296 valence electrons. The van der Waals surface area contributed by atoms with Crippen LogP contribution in [-0.4, -0.2) is 61.9 Å². The van der Waals surface area contributed by atoms with E-state index in [-0.39, 0.29) is 53.4 Å². The molecule has 0 aliphatic carbocycles. The zero-order valence-electron chi connectivity index (χ0n) is 31.7. The Morgan fingerprint density at radius 1 is 0.643 bits per heavy atom. The van der Waals surface area contributed by atoms with Gasteiger partial charge in [0.05, 0.1) is 37.0 Å². The van der Waals surface area contributed by atoms with Crippen LogP contribution in [0.3, 0.4) is 0 Å². The molecule has 13 heteroatoms. The molecule has 56 heavy (non-hydrogen) atoms. The summed E-state index contributed by atoms with van der Waals surface area (Å²) in [6.07, 6.45) is 6.12. The van der Waals surface area contributed by atoms with E-state index < -0.39 is 29.8 Å². The van der Waals surface area contributed by atoms with Crippen LogP contribution in [0.4, 0.5) is 0 Å². The highest BCUT2D eigenvalue weighted by atomic mass is 16.6. The van der Waals surface area contributed by atoms with Crippen molar-refractivity contribution in [2.24, 2.45) is 0 Å². The SMILES string of the molecule is C=CC(=O)OC(CC)CCCOc1ccc(C(=O)Oc2ccc(C(=O)OCCCC#N)c(OC(=O)c3ccc(OCCCC(CC)OC(=O)C=C)cc3)c2)cc1. The second kappa shape index (κ2) is 24.1. The lowest BCUT2D eigenvalue weighted by Crippen LogP contribution is -2.16. The first-order chi connectivity index (χ1) is 27.1. The molecular formula is C43H47NO12. The van der Waals surface area contributed by atoms with Gasteiger partial charge >= 0.3 is 29.8 Å². The Hall–Kier alpha value is -6.42. The smallest absolute Gasteiger partial charge is 0.343 e. The quantitative estimate of drug-likeness (QED) is 0.0283. The van der Waals surface area contributed by atoms with Crippen LogP contribution in [0.2, 0.25) is 0 Å². The van der Waals surface area contributed by atoms with E-state index in [4.69, 9.17) is 38.4 Å². The largest absolute Gasteiger partial charge is 0.494 e. The van der Waals surface area contributed by atoms with E-state index in [1.54, 1.807) is 24.3 Å². The minimum absolute atomic E-state index is 0.00453. The van der Waals surface area contributed by atoms with Gasteiger partial charge < -0.3 is 33.2 Å². The number of rotatable bonds is 24. The maximum absolute atomic E-state index is 13.2. The van der Waals surface area contributed by atoms with Crippen LogP contribution < -0.4 is 18.9 Å². The predicted octanol–water partition coefficient (Wildman–Crippen LogP) is 7.92. The highest BCUT2D eigenvalue weighted by Gasteiger charge is 2.21. The Morgan fingerprint density at radius 2 is 1.12 bits per heavy atom. The van der Waals surface area contributed by atoms with Gasteiger partial charge in [0.1, 0.15) is 40.8 Å². The van der Waals surface area contributed by atoms with E-state index in [2.05, 4.69) is 13.2 Å². The van der Waals surface area contributed by atoms with Gasteiger partial charge in [0, 0.05) is 24.6 Å². The second-order valence-electron chi connectivity index (χ2n) is 12.2. The molecule has 0 saturated heterocycles. The molecule has 13 nitrogen and oxygen atoms in total. The summed E-state index contributed by atoms with van der Waals surface area (Å²) in [7, 11) is 0. The first kappa shape index (κ1) is 44.0. The van der Waals surface area contributed by atoms with E-state index in [0.717, 1.165) is 12.2 Å². The Labute approximate surface area is 326 Å². The molecule has 0 saturated carbocycles. The molecule has 0 aliphatic heterocycles. The van der Waals surface area contributed by atoms with Gasteiger partial charge in [0.2, 0.25) is 0 Å². The molecule has 0 amide bonds. The first-order valence-electron chi connectivity index (χ1n) is 18.3. The Balaban J connectivity index is 1.63. The van der Waals surface area contributed by atoms with Gasteiger partial charge in [0.15, 0.2) is 0 Å². The lowest BCUT2D eigenvalue weighted by Gasteiger charge is -2.15. The summed E-state index contributed by atoms with van der Waals surface area (Å²) < 4.78 is 38.5. The summed E-state index contributed by atoms with van der Waals surface area (Å²) in [5.74, 6) is -2.43. The first-order valence-corrected chi connectivity index (χ1v) is 18.3. The third-order valence-electron chi connectivity index (χ3n) is 8.12. The van der Waals surface area contributed by atoms with Gasteiger partial charge in [-0.2, -0.15) is 5.26 Å². The number of hydrogen-bond acceptors (Lipinski definition) is 13. The summed E-state index contributed by atoms with van der Waals surface area (Å²) in [6.45, 7) is 11.4. The predicted molar refractivity (Wildman–Crippen MR) is 205 cm³/mol. The molecule has 0 fully saturated rings. The number of unbranched alkanes of at least 4 members (excludes halogenated alkanes) is 1. The minimum atomic E-state index is -0.799. The molecule has 2 unspecified atom stereocenters. The van der Waals surface area contributed by atoms with Gasteiger partial charge in [-0.25, -0.2) is 24.0 Å². The van der Waals surface area contributed by atoms with E-state index in [1.807, 2.05) is 19.9 Å². The average molecular weight is 770 g/mol. The molecule has 0 radical (unpaired) electrons. The van der Waals surface area contributed by atoms with Crippen LogP contribution in [0, 0.1) is 11.3 Å². The summed E-state index contributed by atoms with van der Waals surface area (Å²) >= 11 is 0. The fourth-order valence-corrected chi connectivity index (χ4v) is 5.03. The van der Waals surface area contributed by atoms with Crippen LogP contribution in [0.1, 0.15) is 96.3 Å². The van der Waals surface area contributed by atoms with Crippen molar-refractivity contribution in [2.75, 3.05) is 19.8 Å². The number of ether oxygens (including phenoxy) is 7. The summed E-state index contributed by atoms with van der Waals surface area (Å²) in [6, 6.07) is 18.4. The van der Waals surface area contributed by atoms with E-state index >= 15 is 0 Å². The molecule has 0 bridgehead atoms. The van der Waals surface area contributed by atoms with E-state index in [9.17, 15) is 24.0 Å². The normalized spacial score (nSPS) is 11.4. The highest BCUT2D eigenvalue weighted by molar-refractivity contribution is 5.97. The standard InChI is InChI=1S/C43H47NO12/c1-5-32(53-39(45)7-3)13-11-27-50-34-19-15-30(16-20-34)41(47)55-36-23-24-37(43(49)52-26-10-9-25-44)38(29-36)56-42(48)31-17-21-35(22-18-31)51-28-12-14-33(6-2)54-40(46)8-4/h7-8,15-24,29,32-33H,3-6,9-14,26-28H2,1-2H3. The number of nitriles is 1. The summed E-state index contributed by atoms with van der Waals surface area (Å²) in [5, 5.41) is 8.79. The number of benzene rings is 3. The Bertz CT molecular complexity index is 1830. The zero-order valence-corrected chi connectivity index (χ0v) is 31.7. The monoisotopic (exact) mass is 769 g/mol. The molecule has 0 aromatic heterocycles. The summed E-state index contributed by atoms with van der Waals surface area (Å²) in [4.78, 5) is 62.1. The summed E-state index contributed by atoms with van der Waals surface area (Å²) in [5.41, 5.74) is 0.270. The second-order valence-corrected chi connectivity index (χ2v) is 12.2. The Morgan fingerprint density at radius 3 is 1.59 bits per heavy atom. The third-order valence-corrected chi connectivity index (χ3v) is 8.12. The van der Waals surface area contributed by atoms with Crippen molar-refractivity contribution in [1.29, 1.82) is 5.26 Å². The van der Waals surface area contributed by atoms with Crippen molar-refractivity contribution >= 4 is 29.8 Å². The average Bonchev–Trinajstić information content (AvgIpc) is 3.21. The lowest BCUT2D eigenvalue weighted by molar-refractivity contribution is -0.144. The minimum Gasteiger partial charge on any atom is -0.494 e. The molecule has 3 aromatic rings. The van der Waals surface area contributed by atoms with Crippen molar-refractivity contribution in [3.05, 3.63) is 109 Å². The molecule has 2 atom stereocenters. The van der Waals surface area contributed by atoms with Crippen LogP contribution in [0.5, 0.6) is 23.0 Å². The van der Waals surface area contributed by atoms with E-state index in [1.165, 1.54) is 42.5 Å². The third kappa shape index (κ3) is 15.1. The fraction of sp³-hybridized carbons (Fsp3) is 0.349. The van der Waals surface area contributed by atoms with Gasteiger partial charge in [0.25, 0.3) is 0 Å². The van der Waals surface area contributed by atoms with Crippen LogP contribution in [-0.2, 0) is 23.8 Å². The van der Waals surface area contributed by atoms with Crippen LogP contribution >= 0.6 is 0 Å². The van der Waals surface area contributed by atoms with Crippen molar-refractivity contribution in [3.8, 4) is 29.1 Å². The van der Waals surface area contributed by atoms with Crippen LogP contribution in [0.15, 0.2) is 92.0 Å². The molecule has 0 aliphatic rings. The number of nitrogens with zero attached hydrogens (tertiary/aromatic N) is 1.